The van der Waals surface area contributed by atoms with Crippen molar-refractivity contribution in [2.75, 3.05) is 5.75 Å². The normalized spacial score (nSPS) is 13.9. The number of halogens is 9. The van der Waals surface area contributed by atoms with Crippen molar-refractivity contribution < 1.29 is 47.9 Å². The molecule has 9 nitrogen and oxygen atoms in total. The highest BCUT2D eigenvalue weighted by atomic mass is 32.2. The second kappa shape index (κ2) is 8.41. The van der Waals surface area contributed by atoms with Crippen molar-refractivity contribution in [2.24, 2.45) is 14.1 Å². The quantitative estimate of drug-likeness (QED) is 0.415. The number of alkyl halides is 9. The summed E-state index contributed by atoms with van der Waals surface area (Å²) in [6.07, 6.45) is -5.27. The number of aryl methyl sites for hydroxylation is 1. The number of hydrogen-bond donors (Lipinski definition) is 0. The van der Waals surface area contributed by atoms with Crippen molar-refractivity contribution in [3.63, 3.8) is 0 Å². The van der Waals surface area contributed by atoms with E-state index in [4.69, 9.17) is 0 Å². The monoisotopic (exact) mass is 551 g/mol. The Morgan fingerprint density at radius 2 is 1.47 bits per heavy atom. The first-order chi connectivity index (χ1) is 16.3. The zero-order valence-corrected chi connectivity index (χ0v) is 19.0. The molecule has 0 bridgehead atoms. The van der Waals surface area contributed by atoms with Gasteiger partial charge in [-0.1, -0.05) is 6.92 Å². The van der Waals surface area contributed by atoms with Gasteiger partial charge >= 0.3 is 23.9 Å². The van der Waals surface area contributed by atoms with Gasteiger partial charge in [0.2, 0.25) is 0 Å². The molecule has 3 rings (SSSR count). The van der Waals surface area contributed by atoms with Crippen LogP contribution in [-0.4, -0.2) is 66.5 Å². The van der Waals surface area contributed by atoms with Crippen LogP contribution in [0, 0.1) is 0 Å². The summed E-state index contributed by atoms with van der Waals surface area (Å²) in [6, 6.07) is 0. The fourth-order valence-corrected chi connectivity index (χ4v) is 3.93. The van der Waals surface area contributed by atoms with Gasteiger partial charge in [-0.3, -0.25) is 0 Å². The van der Waals surface area contributed by atoms with Crippen LogP contribution in [0.2, 0.25) is 0 Å². The second-order valence-corrected chi connectivity index (χ2v) is 9.51. The Labute approximate surface area is 195 Å². The first-order valence-corrected chi connectivity index (χ1v) is 11.1. The van der Waals surface area contributed by atoms with Gasteiger partial charge in [-0.25, -0.2) is 33.0 Å². The van der Waals surface area contributed by atoms with E-state index in [0.29, 0.717) is 7.05 Å². The van der Waals surface area contributed by atoms with Gasteiger partial charge in [0, 0.05) is 14.1 Å². The van der Waals surface area contributed by atoms with Gasteiger partial charge in [0.05, 0.1) is 18.1 Å². The zero-order valence-electron chi connectivity index (χ0n) is 18.2. The maximum Gasteiger partial charge on any atom is 0.460 e. The molecule has 0 aliphatic carbocycles. The van der Waals surface area contributed by atoms with E-state index in [-0.39, 0.29) is 22.4 Å². The lowest BCUT2D eigenvalue weighted by Crippen LogP contribution is -2.59. The van der Waals surface area contributed by atoms with Gasteiger partial charge in [0.1, 0.15) is 22.6 Å². The molecule has 3 aromatic rings. The van der Waals surface area contributed by atoms with Gasteiger partial charge in [-0.2, -0.15) is 44.6 Å². The molecule has 0 N–H and O–H groups in total. The average Bonchev–Trinajstić information content (AvgIpc) is 3.37. The molecule has 198 valence electrons. The van der Waals surface area contributed by atoms with E-state index in [0.717, 1.165) is 17.2 Å². The van der Waals surface area contributed by atoms with Crippen LogP contribution in [0.5, 0.6) is 0 Å². The van der Waals surface area contributed by atoms with Crippen LogP contribution in [0.3, 0.4) is 0 Å². The van der Waals surface area contributed by atoms with Crippen molar-refractivity contribution in [1.29, 1.82) is 0 Å². The molecule has 0 saturated carbocycles. The molecule has 0 spiro atoms. The fraction of sp³-hybridized carbons (Fsp3) is 0.471. The summed E-state index contributed by atoms with van der Waals surface area (Å²) >= 11 is 0. The number of hydrogen-bond acceptors (Lipinski definition) is 7. The van der Waals surface area contributed by atoms with Crippen LogP contribution in [0.25, 0.3) is 23.2 Å². The predicted octanol–water partition coefficient (Wildman–Crippen LogP) is 3.39. The molecule has 0 atom stereocenters. The summed E-state index contributed by atoms with van der Waals surface area (Å²) in [7, 11) is -2.24. The molecule has 0 radical (unpaired) electrons. The van der Waals surface area contributed by atoms with E-state index in [1.807, 2.05) is 0 Å². The van der Waals surface area contributed by atoms with E-state index in [1.54, 1.807) is 0 Å². The maximum atomic E-state index is 14.5. The highest BCUT2D eigenvalue weighted by molar-refractivity contribution is 7.91. The Morgan fingerprint density at radius 1 is 0.861 bits per heavy atom. The van der Waals surface area contributed by atoms with E-state index >= 15 is 0 Å². The molecule has 0 fully saturated rings. The summed E-state index contributed by atoms with van der Waals surface area (Å²) in [5.41, 5.74) is -2.79. The van der Waals surface area contributed by atoms with E-state index in [9.17, 15) is 47.9 Å². The van der Waals surface area contributed by atoms with Crippen LogP contribution < -0.4 is 0 Å². The molecule has 36 heavy (non-hydrogen) atoms. The lowest BCUT2D eigenvalue weighted by atomic mass is 10.0. The van der Waals surface area contributed by atoms with Gasteiger partial charge in [-0.05, 0) is 0 Å². The van der Waals surface area contributed by atoms with Gasteiger partial charge < -0.3 is 4.57 Å². The molecule has 19 heteroatoms. The minimum Gasteiger partial charge on any atom is -0.325 e. The highest BCUT2D eigenvalue weighted by Crippen LogP contribution is 2.56. The molecule has 3 aromatic heterocycles. The van der Waals surface area contributed by atoms with Crippen molar-refractivity contribution in [1.82, 2.24) is 34.3 Å². The fourth-order valence-electron chi connectivity index (χ4n) is 2.98. The maximum absolute atomic E-state index is 14.5. The molecule has 3 heterocycles. The molecule has 0 unspecified atom stereocenters. The topological polar surface area (TPSA) is 108 Å². The molecule has 0 aliphatic heterocycles. The third-order valence-electron chi connectivity index (χ3n) is 5.05. The number of sulfone groups is 1. The van der Waals surface area contributed by atoms with Gasteiger partial charge in [0.15, 0.2) is 27.3 Å². The largest absolute Gasteiger partial charge is 0.460 e. The third-order valence-corrected chi connectivity index (χ3v) is 6.78. The minimum atomic E-state index is -7.13. The summed E-state index contributed by atoms with van der Waals surface area (Å²) in [6.45, 7) is 1.20. The van der Waals surface area contributed by atoms with Crippen LogP contribution in [0.1, 0.15) is 12.6 Å². The lowest BCUT2D eigenvalue weighted by molar-refractivity contribution is -0.400. The zero-order chi connectivity index (χ0) is 27.5. The molecular weight excluding hydrogens is 537 g/mol. The van der Waals surface area contributed by atoms with Crippen LogP contribution >= 0.6 is 0 Å². The Hall–Kier alpha value is -3.25. The van der Waals surface area contributed by atoms with Crippen LogP contribution in [0.4, 0.5) is 39.5 Å². The standard InChI is InChI=1S/C17H14F9N7O2S/c1-4-36(34,35)8-5-27-11(13-29-7-30-33(13)3)31-10(8)12-28-6-9(32(12)2)14(18,19)15(20,21)16(22,23)17(24,25)26/h5-7H,4H2,1-3H3. The van der Waals surface area contributed by atoms with E-state index < -0.39 is 61.6 Å². The first-order valence-electron chi connectivity index (χ1n) is 9.48. The van der Waals surface area contributed by atoms with Crippen molar-refractivity contribution in [3.05, 3.63) is 24.4 Å². The van der Waals surface area contributed by atoms with E-state index in [1.165, 1.54) is 14.0 Å². The summed E-state index contributed by atoms with van der Waals surface area (Å²) < 4.78 is 147. The van der Waals surface area contributed by atoms with Crippen LogP contribution in [-0.2, 0) is 29.9 Å². The number of rotatable bonds is 7. The van der Waals surface area contributed by atoms with Gasteiger partial charge in [0.25, 0.3) is 0 Å². The summed E-state index contributed by atoms with van der Waals surface area (Å²) in [4.78, 5) is 14.2. The lowest BCUT2D eigenvalue weighted by Gasteiger charge is -2.33. The molecule has 0 aromatic carbocycles. The Kier molecular flexibility index (Phi) is 6.39. The highest BCUT2D eigenvalue weighted by Gasteiger charge is 2.82. The predicted molar refractivity (Wildman–Crippen MR) is 102 cm³/mol. The smallest absolute Gasteiger partial charge is 0.325 e. The number of nitrogens with zero attached hydrogens (tertiary/aromatic N) is 7. The van der Waals surface area contributed by atoms with Gasteiger partial charge in [-0.15, -0.1) is 0 Å². The Morgan fingerprint density at radius 3 is 1.97 bits per heavy atom. The Bertz CT molecular complexity index is 1400. The SMILES string of the molecule is CCS(=O)(=O)c1cnc(-c2ncnn2C)nc1-c1ncc(C(F)(F)C(F)(F)C(F)(F)C(F)(F)F)n1C. The molecule has 0 aliphatic rings. The third kappa shape index (κ3) is 3.97. The minimum absolute atomic E-state index is 0.0395. The number of imidazole rings is 1. The summed E-state index contributed by atoms with van der Waals surface area (Å²) in [5, 5.41) is 3.75. The second-order valence-electron chi connectivity index (χ2n) is 7.26. The summed E-state index contributed by atoms with van der Waals surface area (Å²) in [5.74, 6) is -22.0. The number of aromatic nitrogens is 7. The van der Waals surface area contributed by atoms with Crippen molar-refractivity contribution in [2.45, 2.75) is 35.8 Å². The Balaban J connectivity index is 2.26. The first kappa shape index (κ1) is 27.3. The van der Waals surface area contributed by atoms with E-state index in [2.05, 4.69) is 25.0 Å². The molecular formula is C17H14F9N7O2S. The van der Waals surface area contributed by atoms with Crippen molar-refractivity contribution >= 4 is 9.84 Å². The van der Waals surface area contributed by atoms with Crippen molar-refractivity contribution in [3.8, 4) is 23.2 Å². The molecule has 0 amide bonds. The molecule has 0 saturated heterocycles. The average molecular weight is 551 g/mol. The van der Waals surface area contributed by atoms with Crippen LogP contribution in [0.15, 0.2) is 23.6 Å².